The van der Waals surface area contributed by atoms with Gasteiger partial charge in [-0.3, -0.25) is 4.79 Å². The summed E-state index contributed by atoms with van der Waals surface area (Å²) < 4.78 is 0. The van der Waals surface area contributed by atoms with Crippen LogP contribution in [0.2, 0.25) is 10.0 Å². The molecule has 0 radical (unpaired) electrons. The number of fused-ring (bicyclic) bond motifs is 1. The molecule has 1 aromatic heterocycles. The Hall–Kier alpha value is -1.77. The van der Waals surface area contributed by atoms with E-state index >= 15 is 0 Å². The van der Waals surface area contributed by atoms with Crippen LogP contribution < -0.4 is 0 Å². The summed E-state index contributed by atoms with van der Waals surface area (Å²) in [6.07, 6.45) is 0.880. The van der Waals surface area contributed by atoms with Gasteiger partial charge in [-0.2, -0.15) is 0 Å². The molecule has 2 aromatic carbocycles. The molecule has 0 aliphatic rings. The van der Waals surface area contributed by atoms with Crippen molar-refractivity contribution in [2.45, 2.75) is 13.8 Å². The first-order chi connectivity index (χ1) is 10.0. The van der Waals surface area contributed by atoms with Crippen molar-refractivity contribution in [3.05, 3.63) is 57.1 Å². The Bertz CT molecular complexity index is 865. The summed E-state index contributed by atoms with van der Waals surface area (Å²) in [7, 11) is 0. The van der Waals surface area contributed by atoms with Crippen molar-refractivity contribution in [2.24, 2.45) is 0 Å². The van der Waals surface area contributed by atoms with E-state index in [1.165, 1.54) is 0 Å². The minimum Gasteiger partial charge on any atom is -0.354 e. The number of aldehydes is 1. The largest absolute Gasteiger partial charge is 0.354 e. The van der Waals surface area contributed by atoms with Gasteiger partial charge in [-0.1, -0.05) is 35.3 Å². The van der Waals surface area contributed by atoms with Gasteiger partial charge in [-0.15, -0.1) is 0 Å². The lowest BCUT2D eigenvalue weighted by Gasteiger charge is -2.04. The molecule has 0 saturated carbocycles. The van der Waals surface area contributed by atoms with Gasteiger partial charge in [0.1, 0.15) is 0 Å². The third kappa shape index (κ3) is 2.25. The number of aromatic nitrogens is 1. The molecule has 0 aliphatic heterocycles. The fourth-order valence-corrected chi connectivity index (χ4v) is 3.16. The van der Waals surface area contributed by atoms with Crippen LogP contribution in [0.5, 0.6) is 0 Å². The summed E-state index contributed by atoms with van der Waals surface area (Å²) in [5, 5.41) is 2.04. The molecule has 3 rings (SSSR count). The normalized spacial score (nSPS) is 11.0. The lowest BCUT2D eigenvalue weighted by atomic mass is 10.0. The van der Waals surface area contributed by atoms with Crippen molar-refractivity contribution >= 4 is 40.4 Å². The average molecular weight is 318 g/mol. The van der Waals surface area contributed by atoms with E-state index in [4.69, 9.17) is 23.2 Å². The number of aryl methyl sites for hydroxylation is 2. The number of hydrogen-bond acceptors (Lipinski definition) is 1. The molecule has 0 spiro atoms. The summed E-state index contributed by atoms with van der Waals surface area (Å²) in [6, 6.07) is 9.33. The van der Waals surface area contributed by atoms with Gasteiger partial charge in [-0.25, -0.2) is 0 Å². The Morgan fingerprint density at radius 2 is 1.76 bits per heavy atom. The van der Waals surface area contributed by atoms with Crippen molar-refractivity contribution in [3.8, 4) is 11.3 Å². The minimum atomic E-state index is 0.521. The number of nitrogens with one attached hydrogen (secondary N) is 1. The Morgan fingerprint density at radius 1 is 1.05 bits per heavy atom. The van der Waals surface area contributed by atoms with Crippen LogP contribution in [0.15, 0.2) is 30.3 Å². The number of aromatic amines is 1. The van der Waals surface area contributed by atoms with Gasteiger partial charge >= 0.3 is 0 Å². The van der Waals surface area contributed by atoms with E-state index in [-0.39, 0.29) is 0 Å². The van der Waals surface area contributed by atoms with Crippen molar-refractivity contribution in [2.75, 3.05) is 0 Å². The fourth-order valence-electron chi connectivity index (χ4n) is 2.66. The predicted molar refractivity (Wildman–Crippen MR) is 88.6 cm³/mol. The average Bonchev–Trinajstić information content (AvgIpc) is 2.83. The Morgan fingerprint density at radius 3 is 2.43 bits per heavy atom. The maximum Gasteiger partial charge on any atom is 0.152 e. The topological polar surface area (TPSA) is 32.9 Å². The van der Waals surface area contributed by atoms with Crippen LogP contribution in [-0.4, -0.2) is 11.3 Å². The highest BCUT2D eigenvalue weighted by Gasteiger charge is 2.17. The first kappa shape index (κ1) is 14.2. The first-order valence-electron chi connectivity index (χ1n) is 6.55. The maximum atomic E-state index is 11.6. The second kappa shape index (κ2) is 5.21. The SMILES string of the molecule is Cc1ccc(C)c2c(C=O)c(-c3ccc(Cl)cc3Cl)[nH]c12. The van der Waals surface area contributed by atoms with Crippen molar-refractivity contribution in [1.82, 2.24) is 4.98 Å². The highest BCUT2D eigenvalue weighted by atomic mass is 35.5. The quantitative estimate of drug-likeness (QED) is 0.616. The van der Waals surface area contributed by atoms with Crippen LogP contribution in [-0.2, 0) is 0 Å². The summed E-state index contributed by atoms with van der Waals surface area (Å²) in [6.45, 7) is 4.01. The van der Waals surface area contributed by atoms with Gasteiger partial charge in [0.05, 0.1) is 10.7 Å². The molecule has 0 aliphatic carbocycles. The van der Waals surface area contributed by atoms with E-state index in [1.54, 1.807) is 12.1 Å². The van der Waals surface area contributed by atoms with E-state index < -0.39 is 0 Å². The van der Waals surface area contributed by atoms with Gasteiger partial charge in [0.15, 0.2) is 6.29 Å². The van der Waals surface area contributed by atoms with Gasteiger partial charge in [0, 0.05) is 27.1 Å². The van der Waals surface area contributed by atoms with Crippen LogP contribution in [0.3, 0.4) is 0 Å². The highest BCUT2D eigenvalue weighted by Crippen LogP contribution is 2.36. The molecule has 0 saturated heterocycles. The summed E-state index contributed by atoms with van der Waals surface area (Å²) in [5.74, 6) is 0. The summed E-state index contributed by atoms with van der Waals surface area (Å²) >= 11 is 12.2. The lowest BCUT2D eigenvalue weighted by molar-refractivity contribution is 0.112. The number of hydrogen-bond donors (Lipinski definition) is 1. The van der Waals surface area contributed by atoms with Crippen molar-refractivity contribution in [3.63, 3.8) is 0 Å². The summed E-state index contributed by atoms with van der Waals surface area (Å²) in [4.78, 5) is 15.0. The molecule has 0 fully saturated rings. The molecule has 4 heteroatoms. The molecule has 3 aromatic rings. The smallest absolute Gasteiger partial charge is 0.152 e. The van der Waals surface area contributed by atoms with Crippen molar-refractivity contribution in [1.29, 1.82) is 0 Å². The van der Waals surface area contributed by atoms with Crippen LogP contribution in [0.1, 0.15) is 21.5 Å². The van der Waals surface area contributed by atoms with Gasteiger partial charge in [0.25, 0.3) is 0 Å². The highest BCUT2D eigenvalue weighted by molar-refractivity contribution is 6.36. The first-order valence-corrected chi connectivity index (χ1v) is 7.31. The monoisotopic (exact) mass is 317 g/mol. The number of carbonyl (C=O) groups excluding carboxylic acids is 1. The van der Waals surface area contributed by atoms with Crippen LogP contribution >= 0.6 is 23.2 Å². The van der Waals surface area contributed by atoms with Crippen LogP contribution in [0, 0.1) is 13.8 Å². The Balaban J connectivity index is 2.40. The molecule has 1 N–H and O–H groups in total. The molecule has 21 heavy (non-hydrogen) atoms. The number of carbonyl (C=O) groups is 1. The third-order valence-corrected chi connectivity index (χ3v) is 4.28. The zero-order valence-electron chi connectivity index (χ0n) is 11.6. The molecular weight excluding hydrogens is 305 g/mol. The number of rotatable bonds is 2. The lowest BCUT2D eigenvalue weighted by Crippen LogP contribution is -1.86. The van der Waals surface area contributed by atoms with E-state index in [2.05, 4.69) is 4.98 Å². The van der Waals surface area contributed by atoms with Crippen LogP contribution in [0.25, 0.3) is 22.2 Å². The molecule has 1 heterocycles. The zero-order chi connectivity index (χ0) is 15.1. The molecule has 0 amide bonds. The van der Waals surface area contributed by atoms with E-state index in [9.17, 15) is 4.79 Å². The molecule has 0 atom stereocenters. The van der Waals surface area contributed by atoms with Gasteiger partial charge < -0.3 is 4.98 Å². The number of H-pyrrole nitrogens is 1. The molecule has 0 bridgehead atoms. The van der Waals surface area contributed by atoms with E-state index in [1.807, 2.05) is 32.0 Å². The zero-order valence-corrected chi connectivity index (χ0v) is 13.1. The Kier molecular flexibility index (Phi) is 3.52. The van der Waals surface area contributed by atoms with E-state index in [0.717, 1.165) is 39.6 Å². The fraction of sp³-hybridized carbons (Fsp3) is 0.118. The molecule has 2 nitrogen and oxygen atoms in total. The van der Waals surface area contributed by atoms with Gasteiger partial charge in [-0.05, 0) is 43.2 Å². The second-order valence-corrected chi connectivity index (χ2v) is 5.95. The molecule has 0 unspecified atom stereocenters. The maximum absolute atomic E-state index is 11.6. The van der Waals surface area contributed by atoms with E-state index in [0.29, 0.717) is 15.6 Å². The predicted octanol–water partition coefficient (Wildman–Crippen LogP) is 5.57. The standard InChI is InChI=1S/C17H13Cl2NO/c1-9-3-4-10(2)16-15(9)13(8-21)17(20-16)12-6-5-11(18)7-14(12)19/h3-8,20H,1-2H3. The van der Waals surface area contributed by atoms with Crippen LogP contribution in [0.4, 0.5) is 0 Å². The molecular formula is C17H13Cl2NO. The van der Waals surface area contributed by atoms with Gasteiger partial charge in [0.2, 0.25) is 0 Å². The second-order valence-electron chi connectivity index (χ2n) is 5.11. The Labute approximate surface area is 132 Å². The molecule has 106 valence electrons. The number of benzene rings is 2. The minimum absolute atomic E-state index is 0.521. The summed E-state index contributed by atoms with van der Waals surface area (Å²) in [5.41, 5.74) is 5.27. The third-order valence-electron chi connectivity index (χ3n) is 3.73. The van der Waals surface area contributed by atoms with Crippen molar-refractivity contribution < 1.29 is 4.79 Å². The number of halogens is 2.